The van der Waals surface area contributed by atoms with Crippen LogP contribution in [0.1, 0.15) is 136 Å². The van der Waals surface area contributed by atoms with Gasteiger partial charge in [-0.25, -0.2) is 0 Å². The lowest BCUT2D eigenvalue weighted by Crippen LogP contribution is -2.15. The van der Waals surface area contributed by atoms with E-state index in [0.29, 0.717) is 72.5 Å². The van der Waals surface area contributed by atoms with Crippen LogP contribution in [0.15, 0.2) is 0 Å². The minimum Gasteiger partial charge on any atom is -0.463 e. The normalized spacial score (nSPS) is 11.3. The fourth-order valence-corrected chi connectivity index (χ4v) is 4.36. The van der Waals surface area contributed by atoms with Crippen LogP contribution in [0.5, 0.6) is 0 Å². The van der Waals surface area contributed by atoms with Crippen molar-refractivity contribution in [2.75, 3.05) is 72.7 Å². The summed E-state index contributed by atoms with van der Waals surface area (Å²) in [6.07, 6.45) is 23.8. The van der Waals surface area contributed by atoms with Crippen LogP contribution < -0.4 is 0 Å². The molecule has 0 aliphatic heterocycles. The second-order valence-corrected chi connectivity index (χ2v) is 10.7. The number of esters is 1. The Bertz CT molecular complexity index is 476. The van der Waals surface area contributed by atoms with E-state index in [4.69, 9.17) is 28.4 Å². The molecule has 0 unspecified atom stereocenters. The zero-order chi connectivity index (χ0) is 29.0. The first-order chi connectivity index (χ1) is 19.8. The first-order valence-electron chi connectivity index (χ1n) is 16.9. The van der Waals surface area contributed by atoms with Crippen molar-refractivity contribution in [3.63, 3.8) is 0 Å². The van der Waals surface area contributed by atoms with Crippen molar-refractivity contribution in [3.8, 4) is 0 Å². The van der Waals surface area contributed by atoms with Crippen LogP contribution in [0.3, 0.4) is 0 Å². The SMILES string of the molecule is CCCCCCCCCCCCCOCCOCCOCCOCCOCCOC(=O)CCCCCCCCC. The second-order valence-electron chi connectivity index (χ2n) is 10.7. The highest BCUT2D eigenvalue weighted by molar-refractivity contribution is 5.69. The molecular weight excluding hydrogens is 508 g/mol. The fourth-order valence-electron chi connectivity index (χ4n) is 4.36. The summed E-state index contributed by atoms with van der Waals surface area (Å²) in [5, 5.41) is 0. The Kier molecular flexibility index (Phi) is 35.6. The van der Waals surface area contributed by atoms with Gasteiger partial charge in [0.2, 0.25) is 0 Å². The molecule has 0 aromatic rings. The van der Waals surface area contributed by atoms with Gasteiger partial charge in [0.05, 0.1) is 59.5 Å². The minimum atomic E-state index is -0.123. The van der Waals surface area contributed by atoms with Crippen LogP contribution in [0, 0.1) is 0 Å². The number of rotatable bonds is 35. The monoisotopic (exact) mass is 574 g/mol. The Morgan fingerprint density at radius 2 is 0.650 bits per heavy atom. The number of ether oxygens (including phenoxy) is 6. The summed E-state index contributed by atoms with van der Waals surface area (Å²) in [6.45, 7) is 10.5. The van der Waals surface area contributed by atoms with Gasteiger partial charge in [0.15, 0.2) is 0 Å². The molecule has 240 valence electrons. The molecule has 0 aliphatic carbocycles. The Balaban J connectivity index is 3.09. The van der Waals surface area contributed by atoms with Gasteiger partial charge in [-0.2, -0.15) is 0 Å². The quantitative estimate of drug-likeness (QED) is 0.0560. The van der Waals surface area contributed by atoms with Gasteiger partial charge in [0.1, 0.15) is 6.61 Å². The van der Waals surface area contributed by atoms with Crippen LogP contribution in [0.4, 0.5) is 0 Å². The molecule has 0 aliphatic rings. The molecule has 0 fully saturated rings. The van der Waals surface area contributed by atoms with E-state index in [1.807, 2.05) is 0 Å². The molecule has 0 aromatic carbocycles. The molecule has 0 atom stereocenters. The molecule has 7 heteroatoms. The van der Waals surface area contributed by atoms with Crippen molar-refractivity contribution >= 4 is 5.97 Å². The highest BCUT2D eigenvalue weighted by Crippen LogP contribution is 2.11. The molecule has 0 N–H and O–H groups in total. The zero-order valence-electron chi connectivity index (χ0n) is 26.6. The Morgan fingerprint density at radius 3 is 1.05 bits per heavy atom. The summed E-state index contributed by atoms with van der Waals surface area (Å²) in [7, 11) is 0. The maximum Gasteiger partial charge on any atom is 0.305 e. The Labute approximate surface area is 247 Å². The Morgan fingerprint density at radius 1 is 0.350 bits per heavy atom. The molecular formula is C33H66O7. The standard InChI is InChI=1S/C33H66O7/c1-3-5-7-9-11-12-13-14-16-18-20-22-35-23-24-36-25-26-37-27-28-38-29-30-39-31-32-40-33(34)21-19-17-15-10-8-6-4-2/h3-32H2,1-2H3. The Hall–Kier alpha value is -0.730. The molecule has 40 heavy (non-hydrogen) atoms. The van der Waals surface area contributed by atoms with Gasteiger partial charge in [-0.1, -0.05) is 117 Å². The molecule has 0 spiro atoms. The second kappa shape index (κ2) is 36.3. The van der Waals surface area contributed by atoms with Crippen molar-refractivity contribution in [2.45, 2.75) is 136 Å². The lowest BCUT2D eigenvalue weighted by atomic mass is 10.1. The summed E-state index contributed by atoms with van der Waals surface area (Å²) >= 11 is 0. The lowest BCUT2D eigenvalue weighted by Gasteiger charge is -2.08. The van der Waals surface area contributed by atoms with Gasteiger partial charge in [-0.15, -0.1) is 0 Å². The number of unbranched alkanes of at least 4 members (excludes halogenated alkanes) is 16. The van der Waals surface area contributed by atoms with Crippen molar-refractivity contribution in [3.05, 3.63) is 0 Å². The molecule has 0 heterocycles. The van der Waals surface area contributed by atoms with Gasteiger partial charge in [-0.05, 0) is 12.8 Å². The molecule has 7 nitrogen and oxygen atoms in total. The van der Waals surface area contributed by atoms with Crippen molar-refractivity contribution in [1.82, 2.24) is 0 Å². The largest absolute Gasteiger partial charge is 0.463 e. The third-order valence-corrected chi connectivity index (χ3v) is 6.86. The van der Waals surface area contributed by atoms with Crippen molar-refractivity contribution in [1.29, 1.82) is 0 Å². The van der Waals surface area contributed by atoms with Crippen molar-refractivity contribution < 1.29 is 33.2 Å². The molecule has 0 saturated heterocycles. The van der Waals surface area contributed by atoms with Gasteiger partial charge in [0.25, 0.3) is 0 Å². The maximum atomic E-state index is 11.7. The summed E-state index contributed by atoms with van der Waals surface area (Å²) in [5.41, 5.74) is 0. The van der Waals surface area contributed by atoms with Gasteiger partial charge in [0, 0.05) is 13.0 Å². The average molecular weight is 575 g/mol. The first kappa shape index (κ1) is 39.3. The van der Waals surface area contributed by atoms with Gasteiger partial charge >= 0.3 is 5.97 Å². The molecule has 0 aromatic heterocycles. The van der Waals surface area contributed by atoms with Crippen LogP contribution >= 0.6 is 0 Å². The molecule has 0 amide bonds. The number of carbonyl (C=O) groups is 1. The smallest absolute Gasteiger partial charge is 0.305 e. The van der Waals surface area contributed by atoms with Crippen LogP contribution in [-0.2, 0) is 33.2 Å². The maximum absolute atomic E-state index is 11.7. The topological polar surface area (TPSA) is 72.5 Å². The molecule has 0 radical (unpaired) electrons. The van der Waals surface area contributed by atoms with Crippen LogP contribution in [0.25, 0.3) is 0 Å². The van der Waals surface area contributed by atoms with E-state index in [-0.39, 0.29) is 5.97 Å². The minimum absolute atomic E-state index is 0.123. The summed E-state index contributed by atoms with van der Waals surface area (Å²) < 4.78 is 32.8. The third kappa shape index (κ3) is 35.3. The molecule has 0 saturated carbocycles. The van der Waals surface area contributed by atoms with E-state index >= 15 is 0 Å². The highest BCUT2D eigenvalue weighted by atomic mass is 16.6. The average Bonchev–Trinajstić information content (AvgIpc) is 2.96. The van der Waals surface area contributed by atoms with Crippen molar-refractivity contribution in [2.24, 2.45) is 0 Å². The van der Waals surface area contributed by atoms with E-state index in [0.717, 1.165) is 25.9 Å². The van der Waals surface area contributed by atoms with E-state index in [1.54, 1.807) is 0 Å². The van der Waals surface area contributed by atoms with Gasteiger partial charge in [-0.3, -0.25) is 4.79 Å². The number of hydrogen-bond donors (Lipinski definition) is 0. The van der Waals surface area contributed by atoms with Crippen LogP contribution in [-0.4, -0.2) is 78.6 Å². The summed E-state index contributed by atoms with van der Waals surface area (Å²) in [4.78, 5) is 11.7. The first-order valence-corrected chi connectivity index (χ1v) is 16.9. The van der Waals surface area contributed by atoms with E-state index in [9.17, 15) is 4.79 Å². The molecule has 0 rings (SSSR count). The number of hydrogen-bond acceptors (Lipinski definition) is 7. The van der Waals surface area contributed by atoms with E-state index in [1.165, 1.54) is 96.3 Å². The van der Waals surface area contributed by atoms with Crippen LogP contribution in [0.2, 0.25) is 0 Å². The molecule has 0 bridgehead atoms. The van der Waals surface area contributed by atoms with E-state index in [2.05, 4.69) is 13.8 Å². The fraction of sp³-hybridized carbons (Fsp3) is 0.970. The summed E-state index contributed by atoms with van der Waals surface area (Å²) in [6, 6.07) is 0. The summed E-state index contributed by atoms with van der Waals surface area (Å²) in [5.74, 6) is -0.123. The predicted molar refractivity (Wildman–Crippen MR) is 164 cm³/mol. The third-order valence-electron chi connectivity index (χ3n) is 6.86. The highest BCUT2D eigenvalue weighted by Gasteiger charge is 2.02. The van der Waals surface area contributed by atoms with Gasteiger partial charge < -0.3 is 28.4 Å². The number of carbonyl (C=O) groups excluding carboxylic acids is 1. The lowest BCUT2D eigenvalue weighted by molar-refractivity contribution is -0.145. The zero-order valence-corrected chi connectivity index (χ0v) is 26.6. The van der Waals surface area contributed by atoms with E-state index < -0.39 is 0 Å². The predicted octanol–water partition coefficient (Wildman–Crippen LogP) is 8.06.